The number of amides is 3. The Balaban J connectivity index is 1.62. The molecular formula is C23H27N3O3. The third-order valence-corrected chi connectivity index (χ3v) is 5.09. The lowest BCUT2D eigenvalue weighted by molar-refractivity contribution is -0.128. The summed E-state index contributed by atoms with van der Waals surface area (Å²) in [5, 5.41) is 5.73. The molecule has 1 atom stereocenters. The fraction of sp³-hybridized carbons (Fsp3) is 0.348. The molecule has 2 aromatic rings. The van der Waals surface area contributed by atoms with Gasteiger partial charge in [0.05, 0.1) is 17.2 Å². The van der Waals surface area contributed by atoms with Gasteiger partial charge >= 0.3 is 0 Å². The number of para-hydroxylation sites is 1. The predicted octanol–water partition coefficient (Wildman–Crippen LogP) is 3.20. The normalized spacial score (nSPS) is 16.0. The minimum absolute atomic E-state index is 0.0208. The summed E-state index contributed by atoms with van der Waals surface area (Å²) in [7, 11) is 0. The molecule has 152 valence electrons. The van der Waals surface area contributed by atoms with Crippen molar-refractivity contribution in [2.75, 3.05) is 18.4 Å². The van der Waals surface area contributed by atoms with Crippen LogP contribution < -0.4 is 10.6 Å². The number of likely N-dealkylation sites (tertiary alicyclic amines) is 1. The maximum atomic E-state index is 12.7. The largest absolute Gasteiger partial charge is 0.348 e. The van der Waals surface area contributed by atoms with Crippen molar-refractivity contribution in [3.63, 3.8) is 0 Å². The maximum Gasteiger partial charge on any atom is 0.253 e. The van der Waals surface area contributed by atoms with Gasteiger partial charge in [0.25, 0.3) is 5.91 Å². The minimum Gasteiger partial charge on any atom is -0.348 e. The summed E-state index contributed by atoms with van der Waals surface area (Å²) in [4.78, 5) is 39.2. The highest BCUT2D eigenvalue weighted by Crippen LogP contribution is 2.22. The number of carbonyl (C=O) groups is 3. The Hall–Kier alpha value is -3.15. The molecule has 0 radical (unpaired) electrons. The Bertz CT molecular complexity index is 867. The first-order valence-electron chi connectivity index (χ1n) is 10.1. The van der Waals surface area contributed by atoms with E-state index in [0.29, 0.717) is 30.9 Å². The molecule has 1 heterocycles. The zero-order valence-electron chi connectivity index (χ0n) is 16.7. The van der Waals surface area contributed by atoms with Gasteiger partial charge in [0.1, 0.15) is 0 Å². The number of anilines is 1. The Labute approximate surface area is 171 Å². The van der Waals surface area contributed by atoms with Crippen molar-refractivity contribution in [1.82, 2.24) is 10.2 Å². The van der Waals surface area contributed by atoms with Gasteiger partial charge in [0.2, 0.25) is 11.8 Å². The molecule has 0 unspecified atom stereocenters. The van der Waals surface area contributed by atoms with Crippen LogP contribution in [-0.2, 0) is 16.1 Å². The number of unbranched alkanes of at least 4 members (excludes halogenated alkanes) is 1. The zero-order chi connectivity index (χ0) is 20.6. The lowest BCUT2D eigenvalue weighted by Gasteiger charge is -2.16. The number of benzene rings is 2. The molecule has 1 aliphatic heterocycles. The van der Waals surface area contributed by atoms with Gasteiger partial charge in [-0.05, 0) is 24.1 Å². The quantitative estimate of drug-likeness (QED) is 0.723. The van der Waals surface area contributed by atoms with Gasteiger partial charge in [-0.25, -0.2) is 0 Å². The van der Waals surface area contributed by atoms with Crippen LogP contribution in [0.1, 0.15) is 42.1 Å². The van der Waals surface area contributed by atoms with E-state index < -0.39 is 0 Å². The van der Waals surface area contributed by atoms with E-state index in [4.69, 9.17) is 0 Å². The van der Waals surface area contributed by atoms with Crippen LogP contribution in [0.25, 0.3) is 0 Å². The Morgan fingerprint density at radius 1 is 1.07 bits per heavy atom. The van der Waals surface area contributed by atoms with Crippen LogP contribution in [0.15, 0.2) is 54.6 Å². The summed E-state index contributed by atoms with van der Waals surface area (Å²) in [5.41, 5.74) is 1.87. The van der Waals surface area contributed by atoms with Crippen LogP contribution in [0, 0.1) is 5.92 Å². The van der Waals surface area contributed by atoms with Crippen LogP contribution in [0.3, 0.4) is 0 Å². The van der Waals surface area contributed by atoms with Gasteiger partial charge in [-0.3, -0.25) is 14.4 Å². The first kappa shape index (κ1) is 20.6. The molecule has 1 fully saturated rings. The SMILES string of the molecule is CCCCN1C[C@@H](C(=O)Nc2ccccc2C(=O)NCc2ccccc2)CC1=O. The maximum absolute atomic E-state index is 12.7. The van der Waals surface area contributed by atoms with Crippen molar-refractivity contribution in [3.05, 3.63) is 65.7 Å². The van der Waals surface area contributed by atoms with E-state index in [1.54, 1.807) is 29.2 Å². The van der Waals surface area contributed by atoms with Crippen LogP contribution in [0.4, 0.5) is 5.69 Å². The van der Waals surface area contributed by atoms with E-state index in [2.05, 4.69) is 17.6 Å². The Kier molecular flexibility index (Phi) is 7.00. The van der Waals surface area contributed by atoms with Crippen LogP contribution in [0.2, 0.25) is 0 Å². The molecular weight excluding hydrogens is 366 g/mol. The molecule has 3 amide bonds. The first-order valence-corrected chi connectivity index (χ1v) is 10.1. The van der Waals surface area contributed by atoms with Gasteiger partial charge < -0.3 is 15.5 Å². The van der Waals surface area contributed by atoms with Crippen molar-refractivity contribution in [2.24, 2.45) is 5.92 Å². The van der Waals surface area contributed by atoms with Gasteiger partial charge in [-0.2, -0.15) is 0 Å². The van der Waals surface area contributed by atoms with Gasteiger partial charge in [0.15, 0.2) is 0 Å². The molecule has 0 spiro atoms. The molecule has 3 rings (SSSR count). The minimum atomic E-state index is -0.389. The van der Waals surface area contributed by atoms with Crippen LogP contribution in [0.5, 0.6) is 0 Å². The van der Waals surface area contributed by atoms with E-state index in [1.165, 1.54) is 0 Å². The molecule has 2 aromatic carbocycles. The number of nitrogens with one attached hydrogen (secondary N) is 2. The van der Waals surface area contributed by atoms with Gasteiger partial charge in [0, 0.05) is 26.1 Å². The summed E-state index contributed by atoms with van der Waals surface area (Å²) in [6.07, 6.45) is 2.16. The van der Waals surface area contributed by atoms with E-state index in [-0.39, 0.29) is 30.1 Å². The van der Waals surface area contributed by atoms with E-state index in [1.807, 2.05) is 30.3 Å². The van der Waals surface area contributed by atoms with Crippen molar-refractivity contribution in [3.8, 4) is 0 Å². The highest BCUT2D eigenvalue weighted by molar-refractivity contribution is 6.05. The van der Waals surface area contributed by atoms with E-state index in [9.17, 15) is 14.4 Å². The molecule has 0 aliphatic carbocycles. The lowest BCUT2D eigenvalue weighted by atomic mass is 10.1. The molecule has 6 nitrogen and oxygen atoms in total. The third-order valence-electron chi connectivity index (χ3n) is 5.09. The van der Waals surface area contributed by atoms with E-state index in [0.717, 1.165) is 18.4 Å². The predicted molar refractivity (Wildman–Crippen MR) is 112 cm³/mol. The van der Waals surface area contributed by atoms with E-state index >= 15 is 0 Å². The summed E-state index contributed by atoms with van der Waals surface area (Å²) in [6, 6.07) is 16.6. The lowest BCUT2D eigenvalue weighted by Crippen LogP contribution is -2.30. The Morgan fingerprint density at radius 3 is 2.55 bits per heavy atom. The zero-order valence-corrected chi connectivity index (χ0v) is 16.7. The average Bonchev–Trinajstić information content (AvgIpc) is 3.12. The molecule has 0 bridgehead atoms. The fourth-order valence-corrected chi connectivity index (χ4v) is 3.41. The Morgan fingerprint density at radius 2 is 1.79 bits per heavy atom. The molecule has 1 saturated heterocycles. The molecule has 0 saturated carbocycles. The molecule has 6 heteroatoms. The fourth-order valence-electron chi connectivity index (χ4n) is 3.41. The van der Waals surface area contributed by atoms with Gasteiger partial charge in [-0.15, -0.1) is 0 Å². The molecule has 2 N–H and O–H groups in total. The number of hydrogen-bond acceptors (Lipinski definition) is 3. The molecule has 1 aliphatic rings. The summed E-state index contributed by atoms with van der Waals surface area (Å²) in [5.74, 6) is -0.843. The van der Waals surface area contributed by atoms with Crippen molar-refractivity contribution in [1.29, 1.82) is 0 Å². The second-order valence-electron chi connectivity index (χ2n) is 7.30. The smallest absolute Gasteiger partial charge is 0.253 e. The monoisotopic (exact) mass is 393 g/mol. The highest BCUT2D eigenvalue weighted by atomic mass is 16.2. The van der Waals surface area contributed by atoms with Crippen molar-refractivity contribution >= 4 is 23.4 Å². The number of carbonyl (C=O) groups excluding carboxylic acids is 3. The van der Waals surface area contributed by atoms with Crippen molar-refractivity contribution in [2.45, 2.75) is 32.7 Å². The summed E-state index contributed by atoms with van der Waals surface area (Å²) in [6.45, 7) is 3.61. The van der Waals surface area contributed by atoms with Gasteiger partial charge in [-0.1, -0.05) is 55.8 Å². The third kappa shape index (κ3) is 5.44. The number of nitrogens with zero attached hydrogens (tertiary/aromatic N) is 1. The van der Waals surface area contributed by atoms with Crippen LogP contribution >= 0.6 is 0 Å². The average molecular weight is 393 g/mol. The molecule has 0 aromatic heterocycles. The summed E-state index contributed by atoms with van der Waals surface area (Å²) < 4.78 is 0. The van der Waals surface area contributed by atoms with Crippen molar-refractivity contribution < 1.29 is 14.4 Å². The number of hydrogen-bond donors (Lipinski definition) is 2. The number of rotatable bonds is 8. The van der Waals surface area contributed by atoms with Crippen LogP contribution in [-0.4, -0.2) is 35.7 Å². The highest BCUT2D eigenvalue weighted by Gasteiger charge is 2.34. The standard InChI is InChI=1S/C23H27N3O3/c1-2-3-13-26-16-18(14-21(26)27)22(28)25-20-12-8-7-11-19(20)23(29)24-15-17-9-5-4-6-10-17/h4-12,18H,2-3,13-16H2,1H3,(H,24,29)(H,25,28)/t18-/m0/s1. The second kappa shape index (κ2) is 9.87. The second-order valence-corrected chi connectivity index (χ2v) is 7.30. The first-order chi connectivity index (χ1) is 14.1. The summed E-state index contributed by atoms with van der Waals surface area (Å²) >= 11 is 0. The topological polar surface area (TPSA) is 78.5 Å². The molecule has 29 heavy (non-hydrogen) atoms.